The van der Waals surface area contributed by atoms with Gasteiger partial charge >= 0.3 is 5.97 Å². The van der Waals surface area contributed by atoms with E-state index >= 15 is 0 Å². The zero-order chi connectivity index (χ0) is 19.9. The lowest BCUT2D eigenvalue weighted by atomic mass is 10.1. The van der Waals surface area contributed by atoms with Gasteiger partial charge in [0.05, 0.1) is 13.2 Å². The molecule has 0 heterocycles. The number of ether oxygens (including phenoxy) is 1. The number of esters is 1. The smallest absolute Gasteiger partial charge is 0.305 e. The molecule has 4 heteroatoms. The Bertz CT molecular complexity index is 653. The highest BCUT2D eigenvalue weighted by molar-refractivity contribution is 5.89. The highest BCUT2D eigenvalue weighted by Gasteiger charge is 2.03. The minimum absolute atomic E-state index is 0.110. The summed E-state index contributed by atoms with van der Waals surface area (Å²) in [6, 6.07) is 8.39. The molecule has 1 aromatic carbocycles. The molecule has 0 radical (unpaired) electrons. The van der Waals surface area contributed by atoms with Gasteiger partial charge in [-0.3, -0.25) is 9.59 Å². The Labute approximate surface area is 162 Å². The summed E-state index contributed by atoms with van der Waals surface area (Å²) in [4.78, 5) is 22.8. The molecule has 0 spiro atoms. The summed E-state index contributed by atoms with van der Waals surface area (Å²) in [6.45, 7) is 2.06. The molecule has 0 saturated carbocycles. The van der Waals surface area contributed by atoms with Crippen LogP contribution in [-0.2, 0) is 20.7 Å². The molecule has 0 fully saturated rings. The van der Waals surface area contributed by atoms with Gasteiger partial charge < -0.3 is 9.84 Å². The van der Waals surface area contributed by atoms with Crippen LogP contribution in [0, 0.1) is 6.92 Å². The maximum Gasteiger partial charge on any atom is 0.305 e. The molecule has 4 nitrogen and oxygen atoms in total. The van der Waals surface area contributed by atoms with Gasteiger partial charge in [0.15, 0.2) is 5.78 Å². The summed E-state index contributed by atoms with van der Waals surface area (Å²) in [5.74, 6) is -0.154. The monoisotopic (exact) mass is 370 g/mol. The first-order valence-electron chi connectivity index (χ1n) is 9.36. The van der Waals surface area contributed by atoms with E-state index in [4.69, 9.17) is 0 Å². The Kier molecular flexibility index (Phi) is 11.5. The second-order valence-electron chi connectivity index (χ2n) is 6.47. The minimum Gasteiger partial charge on any atom is -0.469 e. The van der Waals surface area contributed by atoms with Gasteiger partial charge in [0, 0.05) is 12.8 Å². The van der Waals surface area contributed by atoms with Gasteiger partial charge in [-0.25, -0.2) is 0 Å². The quantitative estimate of drug-likeness (QED) is 0.339. The second kappa shape index (κ2) is 13.7. The number of carbonyl (C=O) groups is 2. The Hall–Kier alpha value is -2.46. The molecule has 27 heavy (non-hydrogen) atoms. The molecule has 0 aliphatic rings. The molecule has 0 aliphatic heterocycles. The molecule has 1 atom stereocenters. The van der Waals surface area contributed by atoms with Crippen LogP contribution in [0.15, 0.2) is 60.7 Å². The molecule has 146 valence electrons. The van der Waals surface area contributed by atoms with Crippen molar-refractivity contribution < 1.29 is 19.4 Å². The first-order valence-corrected chi connectivity index (χ1v) is 9.36. The van der Waals surface area contributed by atoms with Crippen LogP contribution in [0.3, 0.4) is 0 Å². The van der Waals surface area contributed by atoms with E-state index in [1.54, 1.807) is 36.5 Å². The number of methoxy groups -OCH3 is 1. The molecular formula is C23H30O4. The Morgan fingerprint density at radius 2 is 1.74 bits per heavy atom. The first-order chi connectivity index (χ1) is 13.0. The van der Waals surface area contributed by atoms with E-state index in [2.05, 4.69) is 35.9 Å². The van der Waals surface area contributed by atoms with Crippen molar-refractivity contribution in [2.75, 3.05) is 7.11 Å². The van der Waals surface area contributed by atoms with Crippen molar-refractivity contribution in [2.24, 2.45) is 0 Å². The van der Waals surface area contributed by atoms with Crippen molar-refractivity contribution in [3.63, 3.8) is 0 Å². The van der Waals surface area contributed by atoms with E-state index in [-0.39, 0.29) is 11.8 Å². The van der Waals surface area contributed by atoms with Crippen molar-refractivity contribution in [1.82, 2.24) is 0 Å². The van der Waals surface area contributed by atoms with Crippen molar-refractivity contribution >= 4 is 11.8 Å². The first kappa shape index (κ1) is 22.6. The summed E-state index contributed by atoms with van der Waals surface area (Å²) >= 11 is 0. The van der Waals surface area contributed by atoms with Crippen LogP contribution in [0.25, 0.3) is 0 Å². The van der Waals surface area contributed by atoms with Gasteiger partial charge in [-0.15, -0.1) is 0 Å². The van der Waals surface area contributed by atoms with Gasteiger partial charge in [-0.1, -0.05) is 60.2 Å². The van der Waals surface area contributed by atoms with Crippen LogP contribution in [0.4, 0.5) is 0 Å². The van der Waals surface area contributed by atoms with Gasteiger partial charge in [-0.2, -0.15) is 0 Å². The lowest BCUT2D eigenvalue weighted by Crippen LogP contribution is -2.05. The number of aliphatic hydroxyl groups excluding tert-OH is 1. The van der Waals surface area contributed by atoms with Crippen LogP contribution in [0.1, 0.15) is 43.2 Å². The van der Waals surface area contributed by atoms with Gasteiger partial charge in [0.1, 0.15) is 0 Å². The summed E-state index contributed by atoms with van der Waals surface area (Å²) in [7, 11) is 1.35. The highest BCUT2D eigenvalue weighted by Crippen LogP contribution is 2.08. The maximum atomic E-state index is 11.8. The standard InChI is InChI=1S/C23H30O4/c1-19-15-17-20(18-16-19)9-7-12-21(24)10-5-3-4-6-11-22(25)13-8-14-23(26)27-2/h3-6,10-11,15-18,22,25H,7-9,12-14H2,1-2H3. The molecule has 0 saturated heterocycles. The predicted molar refractivity (Wildman–Crippen MR) is 108 cm³/mol. The van der Waals surface area contributed by atoms with Crippen molar-refractivity contribution in [3.05, 3.63) is 71.8 Å². The number of allylic oxidation sites excluding steroid dienone is 5. The van der Waals surface area contributed by atoms with Crippen LogP contribution in [0.2, 0.25) is 0 Å². The van der Waals surface area contributed by atoms with Gasteiger partial charge in [0.25, 0.3) is 0 Å². The topological polar surface area (TPSA) is 63.6 Å². The Morgan fingerprint density at radius 3 is 2.44 bits per heavy atom. The van der Waals surface area contributed by atoms with Crippen molar-refractivity contribution in [3.8, 4) is 0 Å². The fraction of sp³-hybridized carbons (Fsp3) is 0.391. The average Bonchev–Trinajstić information content (AvgIpc) is 2.66. The summed E-state index contributed by atoms with van der Waals surface area (Å²) in [6.07, 6.45) is 13.3. The number of hydrogen-bond donors (Lipinski definition) is 1. The number of benzene rings is 1. The van der Waals surface area contributed by atoms with Gasteiger partial charge in [-0.05, 0) is 44.2 Å². The normalized spacial score (nSPS) is 12.9. The summed E-state index contributed by atoms with van der Waals surface area (Å²) < 4.78 is 4.54. The van der Waals surface area contributed by atoms with Crippen molar-refractivity contribution in [2.45, 2.75) is 51.6 Å². The number of aliphatic hydroxyl groups is 1. The van der Waals surface area contributed by atoms with Crippen LogP contribution in [-0.4, -0.2) is 30.1 Å². The SMILES string of the molecule is COC(=O)CCCC(O)C=CC=CC=CC(=O)CCCc1ccc(C)cc1. The molecule has 0 bridgehead atoms. The molecule has 1 unspecified atom stereocenters. The van der Waals surface area contributed by atoms with Crippen LogP contribution >= 0.6 is 0 Å². The Balaban J connectivity index is 2.17. The minimum atomic E-state index is -0.591. The molecule has 1 rings (SSSR count). The van der Waals surface area contributed by atoms with E-state index in [9.17, 15) is 14.7 Å². The molecule has 1 aromatic rings. The third-order valence-corrected chi connectivity index (χ3v) is 4.07. The number of ketones is 1. The van der Waals surface area contributed by atoms with Crippen LogP contribution in [0.5, 0.6) is 0 Å². The van der Waals surface area contributed by atoms with E-state index in [1.165, 1.54) is 18.2 Å². The second-order valence-corrected chi connectivity index (χ2v) is 6.47. The third-order valence-electron chi connectivity index (χ3n) is 4.07. The lowest BCUT2D eigenvalue weighted by Gasteiger charge is -2.03. The fourth-order valence-corrected chi connectivity index (χ4v) is 2.44. The zero-order valence-corrected chi connectivity index (χ0v) is 16.3. The number of carbonyl (C=O) groups excluding carboxylic acids is 2. The van der Waals surface area contributed by atoms with Crippen LogP contribution < -0.4 is 0 Å². The maximum absolute atomic E-state index is 11.8. The number of rotatable bonds is 12. The summed E-state index contributed by atoms with van der Waals surface area (Å²) in [5.41, 5.74) is 2.50. The largest absolute Gasteiger partial charge is 0.469 e. The van der Waals surface area contributed by atoms with E-state index in [0.29, 0.717) is 25.7 Å². The van der Waals surface area contributed by atoms with Gasteiger partial charge in [0.2, 0.25) is 0 Å². The third kappa shape index (κ3) is 11.7. The van der Waals surface area contributed by atoms with E-state index in [1.807, 2.05) is 0 Å². The number of aryl methyl sites for hydroxylation is 2. The Morgan fingerprint density at radius 1 is 1.04 bits per heavy atom. The fourth-order valence-electron chi connectivity index (χ4n) is 2.44. The molecule has 0 amide bonds. The zero-order valence-electron chi connectivity index (χ0n) is 16.3. The highest BCUT2D eigenvalue weighted by atomic mass is 16.5. The van der Waals surface area contributed by atoms with E-state index < -0.39 is 6.10 Å². The van der Waals surface area contributed by atoms with E-state index in [0.717, 1.165) is 12.8 Å². The average molecular weight is 370 g/mol. The molecular weight excluding hydrogens is 340 g/mol. The predicted octanol–water partition coefficient (Wildman–Crippen LogP) is 4.26. The molecule has 0 aromatic heterocycles. The lowest BCUT2D eigenvalue weighted by molar-refractivity contribution is -0.140. The van der Waals surface area contributed by atoms with Crippen molar-refractivity contribution in [1.29, 1.82) is 0 Å². The summed E-state index contributed by atoms with van der Waals surface area (Å²) in [5, 5.41) is 9.74. The number of hydrogen-bond acceptors (Lipinski definition) is 4. The molecule has 1 N–H and O–H groups in total. The molecule has 0 aliphatic carbocycles.